The Labute approximate surface area is 214 Å². The number of carbonyl (C=O) groups is 4. The fraction of sp³-hybridized carbons (Fsp3) is 0.208. The number of ketones is 1. The Balaban J connectivity index is 1.90. The first-order valence-corrected chi connectivity index (χ1v) is 11.1. The summed E-state index contributed by atoms with van der Waals surface area (Å²) in [4.78, 5) is 69.3. The monoisotopic (exact) mass is 527 g/mol. The molecule has 0 spiro atoms. The number of alkyl halides is 2. The summed E-state index contributed by atoms with van der Waals surface area (Å²) in [5.41, 5.74) is 10.2. The van der Waals surface area contributed by atoms with E-state index in [9.17, 15) is 32.8 Å². The van der Waals surface area contributed by atoms with Gasteiger partial charge in [0.05, 0.1) is 18.8 Å². The summed E-state index contributed by atoms with van der Waals surface area (Å²) >= 11 is 0. The molecule has 6 N–H and O–H groups in total. The van der Waals surface area contributed by atoms with E-state index in [1.54, 1.807) is 35.6 Å². The van der Waals surface area contributed by atoms with E-state index in [1.165, 1.54) is 24.5 Å². The normalized spacial score (nSPS) is 11.8. The lowest BCUT2D eigenvalue weighted by atomic mass is 9.98. The zero-order chi connectivity index (χ0) is 27.9. The van der Waals surface area contributed by atoms with Crippen molar-refractivity contribution >= 4 is 29.2 Å². The highest BCUT2D eigenvalue weighted by Gasteiger charge is 2.50. The van der Waals surface area contributed by atoms with Crippen LogP contribution in [0, 0.1) is 0 Å². The van der Waals surface area contributed by atoms with Crippen molar-refractivity contribution in [2.75, 3.05) is 12.3 Å². The molecule has 0 aliphatic carbocycles. The van der Waals surface area contributed by atoms with E-state index in [-0.39, 0.29) is 11.5 Å². The number of amides is 3. The van der Waals surface area contributed by atoms with Gasteiger partial charge in [-0.05, 0) is 17.7 Å². The van der Waals surface area contributed by atoms with Crippen LogP contribution in [0.4, 0.5) is 14.5 Å². The second-order valence-electron chi connectivity index (χ2n) is 8.07. The molecule has 3 rings (SSSR count). The van der Waals surface area contributed by atoms with E-state index < -0.39 is 60.5 Å². The van der Waals surface area contributed by atoms with Crippen LogP contribution < -0.4 is 27.7 Å². The van der Waals surface area contributed by atoms with E-state index in [1.807, 2.05) is 0 Å². The predicted molar refractivity (Wildman–Crippen MR) is 130 cm³/mol. The summed E-state index contributed by atoms with van der Waals surface area (Å²) in [6.07, 6.45) is 3.57. The summed E-state index contributed by atoms with van der Waals surface area (Å²) in [7, 11) is 0. The van der Waals surface area contributed by atoms with Gasteiger partial charge in [0.25, 0.3) is 11.5 Å². The number of nitrogens with two attached hydrogens (primary N) is 2. The molecule has 0 bridgehead atoms. The maximum Gasteiger partial charge on any atom is 0.383 e. The summed E-state index contributed by atoms with van der Waals surface area (Å²) in [6, 6.07) is 9.17. The molecule has 0 aliphatic heterocycles. The number of nitrogens with zero attached hydrogens (tertiary/aromatic N) is 3. The van der Waals surface area contributed by atoms with Crippen molar-refractivity contribution in [3.63, 3.8) is 0 Å². The average Bonchev–Trinajstić information content (AvgIpc) is 2.90. The van der Waals surface area contributed by atoms with E-state index >= 15 is 0 Å². The molecule has 1 unspecified atom stereocenters. The fourth-order valence-corrected chi connectivity index (χ4v) is 3.43. The molecule has 1 aromatic carbocycles. The Morgan fingerprint density at radius 3 is 2.39 bits per heavy atom. The van der Waals surface area contributed by atoms with Gasteiger partial charge in [-0.15, -0.1) is 0 Å². The van der Waals surface area contributed by atoms with E-state index in [0.29, 0.717) is 11.1 Å². The SMILES string of the molecule is NC(=O)CNC(=O)C(F)(F)C(=O)C(Cc1ccccc1)NC(=O)Cn1c(-c2cccnc2)ncc(N)c1=O. The van der Waals surface area contributed by atoms with Gasteiger partial charge in [-0.25, -0.2) is 4.98 Å². The third-order valence-corrected chi connectivity index (χ3v) is 5.25. The Morgan fingerprint density at radius 1 is 1.05 bits per heavy atom. The third kappa shape index (κ3) is 6.60. The molecule has 38 heavy (non-hydrogen) atoms. The number of anilines is 1. The minimum atomic E-state index is -4.61. The molecule has 0 saturated carbocycles. The van der Waals surface area contributed by atoms with Gasteiger partial charge in [0, 0.05) is 24.4 Å². The number of primary amides is 1. The van der Waals surface area contributed by atoms with Gasteiger partial charge in [0.15, 0.2) is 0 Å². The average molecular weight is 527 g/mol. The summed E-state index contributed by atoms with van der Waals surface area (Å²) in [6.45, 7) is -1.65. The van der Waals surface area contributed by atoms with Crippen molar-refractivity contribution in [2.45, 2.75) is 24.9 Å². The second kappa shape index (κ2) is 11.8. The first-order valence-electron chi connectivity index (χ1n) is 11.1. The Kier molecular flexibility index (Phi) is 8.57. The first-order chi connectivity index (χ1) is 18.0. The van der Waals surface area contributed by atoms with Crippen LogP contribution in [0.3, 0.4) is 0 Å². The molecule has 1 atom stereocenters. The Hall–Kier alpha value is -5.01. The number of nitrogen functional groups attached to an aromatic ring is 1. The van der Waals surface area contributed by atoms with Gasteiger partial charge < -0.3 is 22.1 Å². The van der Waals surface area contributed by atoms with Crippen molar-refractivity contribution in [1.29, 1.82) is 0 Å². The minimum Gasteiger partial charge on any atom is -0.393 e. The van der Waals surface area contributed by atoms with Gasteiger partial charge in [-0.3, -0.25) is 33.5 Å². The molecule has 12 nitrogen and oxygen atoms in total. The molecular weight excluding hydrogens is 504 g/mol. The van der Waals surface area contributed by atoms with Crippen molar-refractivity contribution < 1.29 is 28.0 Å². The number of hydrogen-bond donors (Lipinski definition) is 4. The highest BCUT2D eigenvalue weighted by Crippen LogP contribution is 2.20. The number of Topliss-reactive ketones (excluding diaryl/α,β-unsaturated/α-hetero) is 1. The van der Waals surface area contributed by atoms with Crippen LogP contribution >= 0.6 is 0 Å². The standard InChI is InChI=1S/C24H23F2N7O5/c25-24(26,23(38)31-12-18(28)34)20(36)17(9-14-5-2-1-3-6-14)32-19(35)13-33-21(15-7-4-8-29-10-15)30-11-16(27)22(33)37/h1-8,10-11,17H,9,12-13,27H2,(H2,28,34)(H,31,38)(H,32,35). The van der Waals surface area contributed by atoms with E-state index in [0.717, 1.165) is 10.8 Å². The molecule has 0 saturated heterocycles. The largest absolute Gasteiger partial charge is 0.393 e. The molecule has 2 heterocycles. The highest BCUT2D eigenvalue weighted by molar-refractivity contribution is 6.11. The van der Waals surface area contributed by atoms with Gasteiger partial charge in [0.2, 0.25) is 17.6 Å². The zero-order valence-corrected chi connectivity index (χ0v) is 19.8. The molecule has 0 aliphatic rings. The van der Waals surface area contributed by atoms with Crippen LogP contribution in [-0.4, -0.2) is 56.5 Å². The number of nitrogens with one attached hydrogen (secondary N) is 2. The molecule has 3 amide bonds. The summed E-state index contributed by atoms with van der Waals surface area (Å²) in [5.74, 6) is -10.7. The summed E-state index contributed by atoms with van der Waals surface area (Å²) < 4.78 is 30.4. The van der Waals surface area contributed by atoms with E-state index in [4.69, 9.17) is 11.5 Å². The molecule has 14 heteroatoms. The van der Waals surface area contributed by atoms with Crippen molar-refractivity contribution in [3.05, 3.63) is 77.0 Å². The van der Waals surface area contributed by atoms with Crippen LogP contribution in [0.25, 0.3) is 11.4 Å². The lowest BCUT2D eigenvalue weighted by Crippen LogP contribution is -2.56. The van der Waals surface area contributed by atoms with Crippen LogP contribution in [0.15, 0.2) is 65.8 Å². The number of benzene rings is 1. The topological polar surface area (TPSA) is 192 Å². The molecule has 3 aromatic rings. The summed E-state index contributed by atoms with van der Waals surface area (Å²) in [5, 5.41) is 3.76. The number of aromatic nitrogens is 3. The highest BCUT2D eigenvalue weighted by atomic mass is 19.3. The van der Waals surface area contributed by atoms with Crippen LogP contribution in [0.2, 0.25) is 0 Å². The maximum atomic E-state index is 14.7. The van der Waals surface area contributed by atoms with Gasteiger partial charge in [-0.2, -0.15) is 8.78 Å². The Bertz CT molecular complexity index is 1400. The minimum absolute atomic E-state index is 0.0227. The lowest BCUT2D eigenvalue weighted by Gasteiger charge is -2.23. The first kappa shape index (κ1) is 27.6. The van der Waals surface area contributed by atoms with Crippen molar-refractivity contribution in [1.82, 2.24) is 25.2 Å². The van der Waals surface area contributed by atoms with Crippen LogP contribution in [-0.2, 0) is 32.1 Å². The van der Waals surface area contributed by atoms with Crippen molar-refractivity contribution in [3.8, 4) is 11.4 Å². The van der Waals surface area contributed by atoms with Crippen LogP contribution in [0.5, 0.6) is 0 Å². The third-order valence-electron chi connectivity index (χ3n) is 5.25. The predicted octanol–water partition coefficient (Wildman–Crippen LogP) is -0.579. The van der Waals surface area contributed by atoms with Gasteiger partial charge >= 0.3 is 5.92 Å². The number of halogens is 2. The molecular formula is C24H23F2N7O5. The van der Waals surface area contributed by atoms with E-state index in [2.05, 4.69) is 15.3 Å². The Morgan fingerprint density at radius 2 is 1.76 bits per heavy atom. The number of rotatable bonds is 11. The quantitative estimate of drug-likeness (QED) is 0.238. The molecule has 0 fully saturated rings. The van der Waals surface area contributed by atoms with Crippen molar-refractivity contribution in [2.24, 2.45) is 5.73 Å². The number of carbonyl (C=O) groups excluding carboxylic acids is 4. The smallest absolute Gasteiger partial charge is 0.383 e. The number of hydrogen-bond acceptors (Lipinski definition) is 8. The fourth-order valence-electron chi connectivity index (χ4n) is 3.43. The lowest BCUT2D eigenvalue weighted by molar-refractivity contribution is -0.160. The molecule has 0 radical (unpaired) electrons. The second-order valence-corrected chi connectivity index (χ2v) is 8.07. The molecule has 198 valence electrons. The molecule has 2 aromatic heterocycles. The zero-order valence-electron chi connectivity index (χ0n) is 19.8. The van der Waals surface area contributed by atoms with Crippen LogP contribution in [0.1, 0.15) is 5.56 Å². The maximum absolute atomic E-state index is 14.7. The van der Waals surface area contributed by atoms with Gasteiger partial charge in [0.1, 0.15) is 18.1 Å². The number of pyridine rings is 1. The van der Waals surface area contributed by atoms with Gasteiger partial charge in [-0.1, -0.05) is 30.3 Å².